The van der Waals surface area contributed by atoms with Crippen molar-refractivity contribution in [2.75, 3.05) is 13.2 Å². The predicted octanol–water partition coefficient (Wildman–Crippen LogP) is 21.7. The van der Waals surface area contributed by atoms with Gasteiger partial charge in [-0.15, -0.1) is 0 Å². The molecule has 0 aliphatic heterocycles. The topological polar surface area (TPSA) is 78.9 Å². The Hall–Kier alpha value is -3.15. The highest BCUT2D eigenvalue weighted by molar-refractivity contribution is 5.71. The Bertz CT molecular complexity index is 1370. The summed E-state index contributed by atoms with van der Waals surface area (Å²) in [5, 5.41) is 0. The first kappa shape index (κ1) is 70.8. The molecule has 0 spiro atoms. The van der Waals surface area contributed by atoms with Gasteiger partial charge in [0.1, 0.15) is 13.2 Å². The molecule has 0 aromatic heterocycles. The molecular weight excluding hydrogens is 913 g/mol. The van der Waals surface area contributed by atoms with Gasteiger partial charge in [-0.1, -0.05) is 280 Å². The van der Waals surface area contributed by atoms with E-state index in [1.165, 1.54) is 199 Å². The van der Waals surface area contributed by atoms with Crippen LogP contribution in [-0.2, 0) is 28.6 Å². The maximum Gasteiger partial charge on any atom is 0.306 e. The zero-order valence-corrected chi connectivity index (χ0v) is 49.1. The van der Waals surface area contributed by atoms with Gasteiger partial charge in [-0.05, 0) is 96.3 Å². The van der Waals surface area contributed by atoms with E-state index in [9.17, 15) is 14.4 Å². The van der Waals surface area contributed by atoms with Crippen molar-refractivity contribution in [3.63, 3.8) is 0 Å². The lowest BCUT2D eigenvalue weighted by molar-refractivity contribution is -0.167. The lowest BCUT2D eigenvalue weighted by Crippen LogP contribution is -2.30. The van der Waals surface area contributed by atoms with Crippen LogP contribution < -0.4 is 0 Å². The van der Waals surface area contributed by atoms with Crippen molar-refractivity contribution >= 4 is 17.9 Å². The third-order valence-corrected chi connectivity index (χ3v) is 14.0. The van der Waals surface area contributed by atoms with E-state index in [1.54, 1.807) is 0 Å². The predicted molar refractivity (Wildman–Crippen MR) is 321 cm³/mol. The standard InChI is InChI=1S/C68H120O6/c1-4-7-10-13-16-19-22-25-28-31-34-37-40-43-46-49-52-55-58-61-67(70)73-64-65(63-72-66(69)60-57-54-51-48-45-42-39-36-33-30-27-24-21-18-15-12-9-6-3)74-68(71)62-59-56-53-50-47-44-41-38-35-32-29-26-23-20-17-14-11-8-5-2/h18,21,24,27,30-36,39,65H,4-17,19-20,22-23,25-26,28-29,37-38,40-64H2,1-3H3/b21-18-,27-24-,33-30-,34-31-,35-32-,39-36-. The van der Waals surface area contributed by atoms with Crippen LogP contribution >= 0.6 is 0 Å². The van der Waals surface area contributed by atoms with Crippen molar-refractivity contribution in [3.05, 3.63) is 72.9 Å². The molecule has 0 saturated heterocycles. The smallest absolute Gasteiger partial charge is 0.306 e. The molecule has 6 nitrogen and oxygen atoms in total. The van der Waals surface area contributed by atoms with Crippen molar-refractivity contribution in [2.45, 2.75) is 329 Å². The SMILES string of the molecule is CCCCC\C=C/C=C\C=C/C=C\CCCCCCCC(=O)OCC(COC(=O)CCCCCCCCC/C=C\CCCCCCCCCC)OC(=O)CCCCCCCCC/C=C\CCCCCCCCCC. The van der Waals surface area contributed by atoms with Crippen molar-refractivity contribution in [1.82, 2.24) is 0 Å². The van der Waals surface area contributed by atoms with Crippen molar-refractivity contribution < 1.29 is 28.6 Å². The summed E-state index contributed by atoms with van der Waals surface area (Å²) in [4.78, 5) is 38.3. The third-order valence-electron chi connectivity index (χ3n) is 14.0. The number of rotatable bonds is 58. The lowest BCUT2D eigenvalue weighted by atomic mass is 10.1. The van der Waals surface area contributed by atoms with Crippen LogP contribution in [0.1, 0.15) is 323 Å². The van der Waals surface area contributed by atoms with E-state index >= 15 is 0 Å². The second-order valence-electron chi connectivity index (χ2n) is 21.4. The lowest BCUT2D eigenvalue weighted by Gasteiger charge is -2.18. The number of esters is 3. The van der Waals surface area contributed by atoms with Gasteiger partial charge >= 0.3 is 17.9 Å². The monoisotopic (exact) mass is 1030 g/mol. The van der Waals surface area contributed by atoms with Crippen molar-refractivity contribution in [1.29, 1.82) is 0 Å². The molecule has 0 amide bonds. The van der Waals surface area contributed by atoms with E-state index in [0.717, 1.165) is 83.5 Å². The van der Waals surface area contributed by atoms with Crippen molar-refractivity contribution in [3.8, 4) is 0 Å². The molecule has 428 valence electrons. The normalized spacial score (nSPS) is 12.5. The van der Waals surface area contributed by atoms with Crippen LogP contribution in [0.2, 0.25) is 0 Å². The molecule has 0 fully saturated rings. The molecule has 0 aromatic carbocycles. The summed E-state index contributed by atoms with van der Waals surface area (Å²) >= 11 is 0. The molecule has 0 aromatic rings. The maximum atomic E-state index is 12.9. The Labute approximate surface area is 459 Å². The van der Waals surface area contributed by atoms with E-state index in [2.05, 4.69) is 93.7 Å². The van der Waals surface area contributed by atoms with Gasteiger partial charge in [-0.3, -0.25) is 14.4 Å². The highest BCUT2D eigenvalue weighted by atomic mass is 16.6. The van der Waals surface area contributed by atoms with E-state index in [0.29, 0.717) is 19.3 Å². The third kappa shape index (κ3) is 59.7. The molecule has 0 rings (SSSR count). The van der Waals surface area contributed by atoms with Gasteiger partial charge in [-0.2, -0.15) is 0 Å². The highest BCUT2D eigenvalue weighted by Crippen LogP contribution is 2.16. The summed E-state index contributed by atoms with van der Waals surface area (Å²) in [5.74, 6) is -0.903. The minimum atomic E-state index is -0.791. The second-order valence-corrected chi connectivity index (χ2v) is 21.4. The number of hydrogen-bond donors (Lipinski definition) is 0. The fraction of sp³-hybridized carbons (Fsp3) is 0.779. The molecule has 0 radical (unpaired) electrons. The van der Waals surface area contributed by atoms with Crippen molar-refractivity contribution in [2.24, 2.45) is 0 Å². The first-order valence-electron chi connectivity index (χ1n) is 32.0. The molecule has 0 bridgehead atoms. The van der Waals surface area contributed by atoms with Gasteiger partial charge in [0, 0.05) is 19.3 Å². The minimum Gasteiger partial charge on any atom is -0.462 e. The quantitative estimate of drug-likeness (QED) is 0.0199. The number of unbranched alkanes of at least 4 members (excludes halogenated alkanes) is 38. The molecule has 0 heterocycles. The molecule has 0 aliphatic carbocycles. The average molecular weight is 1030 g/mol. The molecule has 1 atom stereocenters. The van der Waals surface area contributed by atoms with Crippen LogP contribution in [0.15, 0.2) is 72.9 Å². The zero-order valence-electron chi connectivity index (χ0n) is 49.1. The van der Waals surface area contributed by atoms with Gasteiger partial charge < -0.3 is 14.2 Å². The van der Waals surface area contributed by atoms with Gasteiger partial charge in [0.2, 0.25) is 0 Å². The molecule has 0 aliphatic rings. The summed E-state index contributed by atoms with van der Waals surface area (Å²) in [6, 6.07) is 0. The number of carbonyl (C=O) groups excluding carboxylic acids is 3. The Balaban J connectivity index is 4.42. The van der Waals surface area contributed by atoms with Crippen LogP contribution in [-0.4, -0.2) is 37.2 Å². The average Bonchev–Trinajstić information content (AvgIpc) is 3.40. The van der Waals surface area contributed by atoms with E-state index in [1.807, 2.05) is 0 Å². The van der Waals surface area contributed by atoms with E-state index in [-0.39, 0.29) is 31.1 Å². The second kappa shape index (κ2) is 62.4. The number of hydrogen-bond acceptors (Lipinski definition) is 6. The minimum absolute atomic E-state index is 0.0860. The molecule has 1 unspecified atom stereocenters. The first-order valence-corrected chi connectivity index (χ1v) is 32.0. The highest BCUT2D eigenvalue weighted by Gasteiger charge is 2.19. The van der Waals surface area contributed by atoms with Gasteiger partial charge in [0.25, 0.3) is 0 Å². The number of carbonyl (C=O) groups is 3. The fourth-order valence-electron chi connectivity index (χ4n) is 9.15. The van der Waals surface area contributed by atoms with Crippen LogP contribution in [0, 0.1) is 0 Å². The van der Waals surface area contributed by atoms with Crippen LogP contribution in [0.5, 0.6) is 0 Å². The summed E-state index contributed by atoms with van der Waals surface area (Å²) < 4.78 is 16.9. The Morgan fingerprint density at radius 3 is 0.824 bits per heavy atom. The Kier molecular flexibility index (Phi) is 59.7. The molecule has 74 heavy (non-hydrogen) atoms. The van der Waals surface area contributed by atoms with Crippen LogP contribution in [0.3, 0.4) is 0 Å². The maximum absolute atomic E-state index is 12.9. The zero-order chi connectivity index (χ0) is 53.6. The molecule has 6 heteroatoms. The largest absolute Gasteiger partial charge is 0.462 e. The molecule has 0 N–H and O–H groups in total. The van der Waals surface area contributed by atoms with Gasteiger partial charge in [0.15, 0.2) is 6.10 Å². The fourth-order valence-corrected chi connectivity index (χ4v) is 9.15. The number of allylic oxidation sites excluding steroid dienone is 12. The summed E-state index contributed by atoms with van der Waals surface area (Å²) in [6.45, 7) is 6.61. The Morgan fingerprint density at radius 2 is 0.500 bits per heavy atom. The molecular formula is C68H120O6. The first-order chi connectivity index (χ1) is 36.5. The molecule has 0 saturated carbocycles. The number of ether oxygens (including phenoxy) is 3. The summed E-state index contributed by atoms with van der Waals surface area (Å²) in [6.07, 6.45) is 80.4. The Morgan fingerprint density at radius 1 is 0.270 bits per heavy atom. The van der Waals surface area contributed by atoms with E-state index < -0.39 is 6.10 Å². The summed E-state index contributed by atoms with van der Waals surface area (Å²) in [7, 11) is 0. The van der Waals surface area contributed by atoms with E-state index in [4.69, 9.17) is 14.2 Å². The van der Waals surface area contributed by atoms with Gasteiger partial charge in [-0.25, -0.2) is 0 Å². The van der Waals surface area contributed by atoms with Gasteiger partial charge in [0.05, 0.1) is 0 Å². The van der Waals surface area contributed by atoms with Crippen LogP contribution in [0.25, 0.3) is 0 Å². The van der Waals surface area contributed by atoms with Crippen LogP contribution in [0.4, 0.5) is 0 Å². The summed E-state index contributed by atoms with van der Waals surface area (Å²) in [5.41, 5.74) is 0.